The van der Waals surface area contributed by atoms with Gasteiger partial charge in [-0.2, -0.15) is 0 Å². The van der Waals surface area contributed by atoms with Crippen molar-refractivity contribution in [3.8, 4) is 0 Å². The molecule has 0 bridgehead atoms. The lowest BCUT2D eigenvalue weighted by Crippen LogP contribution is -2.22. The highest BCUT2D eigenvalue weighted by molar-refractivity contribution is 5.70. The minimum atomic E-state index is -0.0158. The van der Waals surface area contributed by atoms with E-state index in [2.05, 4.69) is 34.6 Å². The Morgan fingerprint density at radius 3 is 2.26 bits per heavy atom. The van der Waals surface area contributed by atoms with Gasteiger partial charge in [0.1, 0.15) is 0 Å². The molecule has 0 heterocycles. The van der Waals surface area contributed by atoms with Gasteiger partial charge in [0.2, 0.25) is 0 Å². The molecular weight excluding hydrogens is 284 g/mol. The lowest BCUT2D eigenvalue weighted by molar-refractivity contribution is -0.146. The maximum absolute atomic E-state index is 11.9. The van der Waals surface area contributed by atoms with Crippen molar-refractivity contribution in [1.82, 2.24) is 0 Å². The van der Waals surface area contributed by atoms with Crippen molar-refractivity contribution in [1.29, 1.82) is 0 Å². The zero-order valence-electron chi connectivity index (χ0n) is 16.9. The Kier molecular flexibility index (Phi) is 11.6. The van der Waals surface area contributed by atoms with Crippen LogP contribution in [0, 0.1) is 23.2 Å². The third-order valence-corrected chi connectivity index (χ3v) is 5.25. The van der Waals surface area contributed by atoms with Crippen molar-refractivity contribution in [2.24, 2.45) is 23.2 Å². The quantitative estimate of drug-likeness (QED) is 0.468. The zero-order chi connectivity index (χ0) is 17.9. The largest absolute Gasteiger partial charge is 0.466 e. The molecule has 1 rings (SSSR count). The van der Waals surface area contributed by atoms with Gasteiger partial charge in [-0.15, -0.1) is 0 Å². The summed E-state index contributed by atoms with van der Waals surface area (Å²) in [5.41, 5.74) is 0.0803. The molecule has 0 N–H and O–H groups in total. The Bertz CT molecular complexity index is 301. The van der Waals surface area contributed by atoms with Crippen molar-refractivity contribution in [3.63, 3.8) is 0 Å². The summed E-state index contributed by atoms with van der Waals surface area (Å²) in [4.78, 5) is 11.9. The molecule has 1 atom stereocenters. The van der Waals surface area contributed by atoms with E-state index in [1.165, 1.54) is 25.7 Å². The molecule has 1 aliphatic carbocycles. The van der Waals surface area contributed by atoms with E-state index in [0.717, 1.165) is 31.1 Å². The summed E-state index contributed by atoms with van der Waals surface area (Å²) in [7, 11) is 0. The van der Waals surface area contributed by atoms with Gasteiger partial charge in [0.05, 0.1) is 13.0 Å². The fourth-order valence-corrected chi connectivity index (χ4v) is 3.66. The SMILES string of the molecule is CC.CCCC(C)(C)CC(=O)OCCC(C)C1CCC(C)CC1. The number of hydrogen-bond acceptors (Lipinski definition) is 2. The number of esters is 1. The van der Waals surface area contributed by atoms with Gasteiger partial charge in [-0.05, 0) is 48.9 Å². The predicted octanol–water partition coefficient (Wildman–Crippen LogP) is 6.62. The number of carbonyl (C=O) groups is 1. The molecule has 1 unspecified atom stereocenters. The van der Waals surface area contributed by atoms with Gasteiger partial charge in [-0.25, -0.2) is 0 Å². The van der Waals surface area contributed by atoms with Gasteiger partial charge in [-0.3, -0.25) is 4.79 Å². The summed E-state index contributed by atoms with van der Waals surface area (Å²) >= 11 is 0. The van der Waals surface area contributed by atoms with Gasteiger partial charge in [0.25, 0.3) is 0 Å². The topological polar surface area (TPSA) is 26.3 Å². The smallest absolute Gasteiger partial charge is 0.306 e. The third kappa shape index (κ3) is 10.0. The molecule has 1 fully saturated rings. The molecule has 0 amide bonds. The van der Waals surface area contributed by atoms with Gasteiger partial charge < -0.3 is 4.74 Å². The van der Waals surface area contributed by atoms with Crippen LogP contribution in [0.2, 0.25) is 0 Å². The molecule has 0 aromatic rings. The molecule has 0 aliphatic heterocycles. The molecule has 138 valence electrons. The van der Waals surface area contributed by atoms with E-state index in [9.17, 15) is 4.79 Å². The molecule has 1 aliphatic rings. The second kappa shape index (κ2) is 11.9. The Hall–Kier alpha value is -0.530. The van der Waals surface area contributed by atoms with Gasteiger partial charge >= 0.3 is 5.97 Å². The van der Waals surface area contributed by atoms with Crippen molar-refractivity contribution < 1.29 is 9.53 Å². The molecule has 1 saturated carbocycles. The van der Waals surface area contributed by atoms with Gasteiger partial charge in [0.15, 0.2) is 0 Å². The summed E-state index contributed by atoms with van der Waals surface area (Å²) in [6.07, 6.45) is 9.25. The van der Waals surface area contributed by atoms with Crippen molar-refractivity contribution >= 4 is 5.97 Å². The van der Waals surface area contributed by atoms with Crippen molar-refractivity contribution in [3.05, 3.63) is 0 Å². The summed E-state index contributed by atoms with van der Waals surface area (Å²) in [5, 5.41) is 0. The first-order chi connectivity index (χ1) is 10.8. The predicted molar refractivity (Wildman–Crippen MR) is 101 cm³/mol. The molecule has 0 radical (unpaired) electrons. The highest BCUT2D eigenvalue weighted by Gasteiger charge is 2.24. The lowest BCUT2D eigenvalue weighted by atomic mass is 9.76. The van der Waals surface area contributed by atoms with Crippen LogP contribution >= 0.6 is 0 Å². The fourth-order valence-electron chi connectivity index (χ4n) is 3.66. The van der Waals surface area contributed by atoms with Crippen LogP contribution in [0.1, 0.15) is 99.8 Å². The molecular formula is C21H42O2. The summed E-state index contributed by atoms with van der Waals surface area (Å²) in [5.74, 6) is 2.43. The standard InChI is InChI=1S/C19H36O2.C2H6/c1-6-12-19(4,5)14-18(20)21-13-11-16(3)17-9-7-15(2)8-10-17;1-2/h15-17H,6-14H2,1-5H3;1-2H3. The van der Waals surface area contributed by atoms with E-state index < -0.39 is 0 Å². The van der Waals surface area contributed by atoms with Crippen LogP contribution in [0.15, 0.2) is 0 Å². The molecule has 2 nitrogen and oxygen atoms in total. The average molecular weight is 327 g/mol. The number of hydrogen-bond donors (Lipinski definition) is 0. The molecule has 23 heavy (non-hydrogen) atoms. The minimum Gasteiger partial charge on any atom is -0.466 e. The molecule has 0 saturated heterocycles. The van der Waals surface area contributed by atoms with E-state index in [-0.39, 0.29) is 11.4 Å². The summed E-state index contributed by atoms with van der Waals surface area (Å²) < 4.78 is 5.47. The average Bonchev–Trinajstić information content (AvgIpc) is 2.49. The molecule has 0 aromatic carbocycles. The van der Waals surface area contributed by atoms with Crippen LogP contribution < -0.4 is 0 Å². The molecule has 2 heteroatoms. The van der Waals surface area contributed by atoms with Crippen LogP contribution in [0.5, 0.6) is 0 Å². The summed E-state index contributed by atoms with van der Waals surface area (Å²) in [6, 6.07) is 0. The zero-order valence-corrected chi connectivity index (χ0v) is 16.9. The fraction of sp³-hybridized carbons (Fsp3) is 0.952. The number of carbonyl (C=O) groups excluding carboxylic acids is 1. The van der Waals surface area contributed by atoms with Gasteiger partial charge in [-0.1, -0.05) is 67.7 Å². The van der Waals surface area contributed by atoms with Crippen LogP contribution in [0.4, 0.5) is 0 Å². The minimum absolute atomic E-state index is 0.0158. The van der Waals surface area contributed by atoms with Crippen LogP contribution in [-0.2, 0) is 9.53 Å². The number of rotatable bonds is 8. The highest BCUT2D eigenvalue weighted by Crippen LogP contribution is 2.34. The van der Waals surface area contributed by atoms with Crippen molar-refractivity contribution in [2.45, 2.75) is 99.8 Å². The second-order valence-corrected chi connectivity index (χ2v) is 8.10. The summed E-state index contributed by atoms with van der Waals surface area (Å²) in [6.45, 7) is 15.8. The first-order valence-corrected chi connectivity index (χ1v) is 9.99. The maximum Gasteiger partial charge on any atom is 0.306 e. The number of ether oxygens (including phenoxy) is 1. The Morgan fingerprint density at radius 1 is 1.17 bits per heavy atom. The third-order valence-electron chi connectivity index (χ3n) is 5.25. The normalized spacial score (nSPS) is 22.7. The Balaban J connectivity index is 0.00000232. The van der Waals surface area contributed by atoms with E-state index in [4.69, 9.17) is 4.74 Å². The van der Waals surface area contributed by atoms with Crippen LogP contribution in [-0.4, -0.2) is 12.6 Å². The maximum atomic E-state index is 11.9. The first-order valence-electron chi connectivity index (χ1n) is 9.99. The Morgan fingerprint density at radius 2 is 1.74 bits per heavy atom. The lowest BCUT2D eigenvalue weighted by Gasteiger charge is -2.30. The van der Waals surface area contributed by atoms with Gasteiger partial charge in [0, 0.05) is 0 Å². The highest BCUT2D eigenvalue weighted by atomic mass is 16.5. The van der Waals surface area contributed by atoms with E-state index in [1.807, 2.05) is 13.8 Å². The van der Waals surface area contributed by atoms with E-state index in [1.54, 1.807) is 0 Å². The van der Waals surface area contributed by atoms with Crippen molar-refractivity contribution in [2.75, 3.05) is 6.61 Å². The van der Waals surface area contributed by atoms with Crippen LogP contribution in [0.3, 0.4) is 0 Å². The van der Waals surface area contributed by atoms with E-state index >= 15 is 0 Å². The Labute approximate surface area is 145 Å². The molecule has 0 aromatic heterocycles. The first kappa shape index (κ1) is 22.5. The monoisotopic (exact) mass is 326 g/mol. The molecule has 0 spiro atoms. The van der Waals surface area contributed by atoms with Crippen LogP contribution in [0.25, 0.3) is 0 Å². The second-order valence-electron chi connectivity index (χ2n) is 8.10. The van der Waals surface area contributed by atoms with E-state index in [0.29, 0.717) is 18.9 Å².